The number of para-hydroxylation sites is 1. The van der Waals surface area contributed by atoms with Gasteiger partial charge in [0.05, 0.1) is 11.5 Å². The Morgan fingerprint density at radius 3 is 2.82 bits per heavy atom. The summed E-state index contributed by atoms with van der Waals surface area (Å²) >= 11 is 0. The van der Waals surface area contributed by atoms with E-state index in [0.717, 1.165) is 23.7 Å². The van der Waals surface area contributed by atoms with Crippen molar-refractivity contribution in [2.45, 2.75) is 44.1 Å². The molecule has 6 nitrogen and oxygen atoms in total. The van der Waals surface area contributed by atoms with Crippen molar-refractivity contribution >= 4 is 17.5 Å². The molecule has 2 atom stereocenters. The molecule has 0 saturated carbocycles. The predicted molar refractivity (Wildman–Crippen MR) is 99.3 cm³/mol. The Morgan fingerprint density at radius 1 is 1.39 bits per heavy atom. The number of alkyl halides is 2. The number of nitrogens with zero attached hydrogens (tertiary/aromatic N) is 3. The maximum absolute atomic E-state index is 13.2. The second-order valence-electron chi connectivity index (χ2n) is 7.40. The van der Waals surface area contributed by atoms with Crippen LogP contribution in [0.3, 0.4) is 0 Å². The summed E-state index contributed by atoms with van der Waals surface area (Å²) in [6.45, 7) is 2.40. The maximum atomic E-state index is 13.2. The molecular formula is C20H22F2N4O2. The molecule has 1 aromatic carbocycles. The summed E-state index contributed by atoms with van der Waals surface area (Å²) in [7, 11) is 1.48. The van der Waals surface area contributed by atoms with Gasteiger partial charge in [0.2, 0.25) is 5.91 Å². The molecular weight excluding hydrogens is 366 g/mol. The lowest BCUT2D eigenvalue weighted by Crippen LogP contribution is -2.49. The molecule has 1 aromatic heterocycles. The maximum Gasteiger partial charge on any atom is 0.282 e. The molecule has 1 spiro atoms. The zero-order valence-corrected chi connectivity index (χ0v) is 15.8. The average Bonchev–Trinajstić information content (AvgIpc) is 3.32. The molecule has 28 heavy (non-hydrogen) atoms. The lowest BCUT2D eigenvalue weighted by Gasteiger charge is -2.33. The first-order valence-electron chi connectivity index (χ1n) is 9.44. The van der Waals surface area contributed by atoms with Crippen molar-refractivity contribution in [3.63, 3.8) is 0 Å². The average molecular weight is 388 g/mol. The van der Waals surface area contributed by atoms with Crippen LogP contribution in [0, 0.1) is 0 Å². The van der Waals surface area contributed by atoms with Gasteiger partial charge < -0.3 is 10.2 Å². The minimum absolute atomic E-state index is 0.0966. The number of amides is 2. The third kappa shape index (κ3) is 2.54. The third-order valence-electron chi connectivity index (χ3n) is 5.92. The molecule has 4 rings (SSSR count). The van der Waals surface area contributed by atoms with Gasteiger partial charge in [-0.1, -0.05) is 31.5 Å². The van der Waals surface area contributed by atoms with Crippen molar-refractivity contribution in [3.05, 3.63) is 47.3 Å². The molecule has 0 radical (unpaired) electrons. The zero-order valence-electron chi connectivity index (χ0n) is 15.8. The summed E-state index contributed by atoms with van der Waals surface area (Å²) in [6.07, 6.45) is -0.797. The number of anilines is 1. The third-order valence-corrected chi connectivity index (χ3v) is 5.92. The minimum atomic E-state index is -2.74. The van der Waals surface area contributed by atoms with Gasteiger partial charge in [0.1, 0.15) is 11.4 Å². The van der Waals surface area contributed by atoms with E-state index in [0.29, 0.717) is 19.4 Å². The van der Waals surface area contributed by atoms with Crippen LogP contribution < -0.4 is 5.32 Å². The van der Waals surface area contributed by atoms with E-state index in [2.05, 4.69) is 10.4 Å². The van der Waals surface area contributed by atoms with Crippen molar-refractivity contribution in [2.24, 2.45) is 7.05 Å². The summed E-state index contributed by atoms with van der Waals surface area (Å²) in [4.78, 5) is 27.9. The van der Waals surface area contributed by atoms with Crippen molar-refractivity contribution < 1.29 is 18.4 Å². The van der Waals surface area contributed by atoms with E-state index in [4.69, 9.17) is 0 Å². The summed E-state index contributed by atoms with van der Waals surface area (Å²) in [5.74, 6) is -0.463. The Bertz CT molecular complexity index is 942. The first-order chi connectivity index (χ1) is 13.4. The van der Waals surface area contributed by atoms with Crippen LogP contribution in [0.2, 0.25) is 0 Å². The first kappa shape index (κ1) is 18.6. The second kappa shape index (κ2) is 6.68. The van der Waals surface area contributed by atoms with Crippen LogP contribution in [0.5, 0.6) is 0 Å². The number of halogens is 2. The number of rotatable bonds is 4. The van der Waals surface area contributed by atoms with Crippen molar-refractivity contribution in [1.29, 1.82) is 0 Å². The molecule has 1 saturated heterocycles. The number of aryl methyl sites for hydroxylation is 1. The molecule has 1 fully saturated rings. The fraction of sp³-hybridized carbons (Fsp3) is 0.450. The monoisotopic (exact) mass is 388 g/mol. The predicted octanol–water partition coefficient (Wildman–Crippen LogP) is 3.26. The summed E-state index contributed by atoms with van der Waals surface area (Å²) in [5.41, 5.74) is 0.582. The largest absolute Gasteiger partial charge is 0.333 e. The zero-order chi connectivity index (χ0) is 20.1. The van der Waals surface area contributed by atoms with E-state index in [1.54, 1.807) is 4.90 Å². The van der Waals surface area contributed by atoms with E-state index < -0.39 is 17.5 Å². The smallest absolute Gasteiger partial charge is 0.282 e. The second-order valence-corrected chi connectivity index (χ2v) is 7.40. The summed E-state index contributed by atoms with van der Waals surface area (Å²) < 4.78 is 27.2. The SMILES string of the molecule is CCC[C@@H]1N(C(=O)c2cc(C(F)F)nn2C)CC[C@@]12C(=O)Nc1ccccc12. The number of fused-ring (bicyclic) bond motifs is 2. The van der Waals surface area contributed by atoms with Crippen LogP contribution in [-0.2, 0) is 17.3 Å². The van der Waals surface area contributed by atoms with Crippen LogP contribution in [0.1, 0.15) is 54.4 Å². The highest BCUT2D eigenvalue weighted by Crippen LogP contribution is 2.49. The van der Waals surface area contributed by atoms with Gasteiger partial charge in [-0.05, 0) is 30.5 Å². The lowest BCUT2D eigenvalue weighted by atomic mass is 9.73. The van der Waals surface area contributed by atoms with Crippen LogP contribution >= 0.6 is 0 Å². The lowest BCUT2D eigenvalue weighted by molar-refractivity contribution is -0.121. The number of aromatic nitrogens is 2. The molecule has 8 heteroatoms. The Balaban J connectivity index is 1.74. The summed E-state index contributed by atoms with van der Waals surface area (Å²) in [6, 6.07) is 8.37. The molecule has 2 aromatic rings. The number of likely N-dealkylation sites (tertiary alicyclic amines) is 1. The Kier molecular flexibility index (Phi) is 4.44. The van der Waals surface area contributed by atoms with Crippen LogP contribution in [-0.4, -0.2) is 39.1 Å². The number of carbonyl (C=O) groups is 2. The standard InChI is InChI=1S/C20H22F2N4O2/c1-3-6-16-20(12-7-4-5-8-13(12)23-19(20)28)9-10-26(16)18(27)15-11-14(17(21)22)24-25(15)2/h4-5,7-8,11,16-17H,3,6,9-10H2,1-2H3,(H,23,28)/t16-,20-/m0/s1. The van der Waals surface area contributed by atoms with Crippen molar-refractivity contribution in [2.75, 3.05) is 11.9 Å². The topological polar surface area (TPSA) is 67.2 Å². The van der Waals surface area contributed by atoms with Gasteiger partial charge in [0, 0.05) is 19.3 Å². The minimum Gasteiger partial charge on any atom is -0.333 e. The summed E-state index contributed by atoms with van der Waals surface area (Å²) in [5, 5.41) is 6.71. The molecule has 0 unspecified atom stereocenters. The molecule has 2 amide bonds. The van der Waals surface area contributed by atoms with Gasteiger partial charge in [-0.25, -0.2) is 8.78 Å². The van der Waals surface area contributed by atoms with Gasteiger partial charge in [0.15, 0.2) is 0 Å². The van der Waals surface area contributed by atoms with Crippen LogP contribution in [0.15, 0.2) is 30.3 Å². The molecule has 1 N–H and O–H groups in total. The number of carbonyl (C=O) groups excluding carboxylic acids is 2. The number of hydrogen-bond donors (Lipinski definition) is 1. The normalized spacial score (nSPS) is 23.5. The molecule has 0 aliphatic carbocycles. The first-order valence-corrected chi connectivity index (χ1v) is 9.44. The fourth-order valence-corrected chi connectivity index (χ4v) is 4.66. The van der Waals surface area contributed by atoms with Gasteiger partial charge >= 0.3 is 0 Å². The van der Waals surface area contributed by atoms with Gasteiger partial charge in [0.25, 0.3) is 12.3 Å². The van der Waals surface area contributed by atoms with Gasteiger partial charge in [-0.3, -0.25) is 14.3 Å². The van der Waals surface area contributed by atoms with E-state index in [9.17, 15) is 18.4 Å². The highest BCUT2D eigenvalue weighted by molar-refractivity contribution is 6.08. The van der Waals surface area contributed by atoms with E-state index in [1.807, 2.05) is 31.2 Å². The van der Waals surface area contributed by atoms with Gasteiger partial charge in [-0.2, -0.15) is 5.10 Å². The van der Waals surface area contributed by atoms with E-state index in [1.165, 1.54) is 11.7 Å². The van der Waals surface area contributed by atoms with Crippen molar-refractivity contribution in [1.82, 2.24) is 14.7 Å². The quantitative estimate of drug-likeness (QED) is 0.874. The Morgan fingerprint density at radius 2 is 2.14 bits per heavy atom. The Labute approximate surface area is 161 Å². The van der Waals surface area contributed by atoms with E-state index in [-0.39, 0.29) is 23.6 Å². The molecule has 3 heterocycles. The number of benzene rings is 1. The number of hydrogen-bond acceptors (Lipinski definition) is 3. The molecule has 2 aliphatic rings. The molecule has 0 bridgehead atoms. The van der Waals surface area contributed by atoms with Gasteiger partial charge in [-0.15, -0.1) is 0 Å². The van der Waals surface area contributed by atoms with E-state index >= 15 is 0 Å². The number of nitrogens with one attached hydrogen (secondary N) is 1. The Hall–Kier alpha value is -2.77. The van der Waals surface area contributed by atoms with Crippen LogP contribution in [0.4, 0.5) is 14.5 Å². The fourth-order valence-electron chi connectivity index (χ4n) is 4.66. The van der Waals surface area contributed by atoms with Crippen molar-refractivity contribution in [3.8, 4) is 0 Å². The highest BCUT2D eigenvalue weighted by Gasteiger charge is 2.58. The van der Waals surface area contributed by atoms with Crippen LogP contribution in [0.25, 0.3) is 0 Å². The molecule has 148 valence electrons. The molecule has 2 aliphatic heterocycles. The highest BCUT2D eigenvalue weighted by atomic mass is 19.3.